The van der Waals surface area contributed by atoms with E-state index < -0.39 is 5.83 Å². The fourth-order valence-electron chi connectivity index (χ4n) is 3.96. The third-order valence-corrected chi connectivity index (χ3v) is 6.92. The predicted molar refractivity (Wildman–Crippen MR) is 122 cm³/mol. The summed E-state index contributed by atoms with van der Waals surface area (Å²) in [6, 6.07) is 5.70. The molecule has 4 atom stereocenters. The van der Waals surface area contributed by atoms with Crippen molar-refractivity contribution in [2.45, 2.75) is 18.2 Å². The molecule has 0 bridgehead atoms. The first-order valence-electron chi connectivity index (χ1n) is 10.3. The van der Waals surface area contributed by atoms with E-state index in [-0.39, 0.29) is 23.5 Å². The van der Waals surface area contributed by atoms with Crippen molar-refractivity contribution in [3.8, 4) is 11.5 Å². The maximum absolute atomic E-state index is 14.8. The molecule has 0 radical (unpaired) electrons. The van der Waals surface area contributed by atoms with Crippen LogP contribution in [0.2, 0.25) is 0 Å². The van der Waals surface area contributed by atoms with Gasteiger partial charge in [-0.1, -0.05) is 24.8 Å². The highest BCUT2D eigenvalue weighted by Crippen LogP contribution is 2.58. The SMILES string of the molecule is COC.C[C@@H]1C2SC(N)=NC(c3cc(/C=C(\F)c4cc5c(cn4)OCCO5)ccc3F)C21. The van der Waals surface area contributed by atoms with Crippen LogP contribution in [-0.4, -0.2) is 42.8 Å². The molecule has 3 unspecified atom stereocenters. The molecule has 0 saturated heterocycles. The van der Waals surface area contributed by atoms with Gasteiger partial charge in [-0.05, 0) is 29.7 Å². The smallest absolute Gasteiger partial charge is 0.179 e. The van der Waals surface area contributed by atoms with Crippen molar-refractivity contribution in [2.24, 2.45) is 22.6 Å². The van der Waals surface area contributed by atoms with Crippen LogP contribution in [0.15, 0.2) is 35.5 Å². The van der Waals surface area contributed by atoms with Crippen molar-refractivity contribution in [2.75, 3.05) is 27.4 Å². The van der Waals surface area contributed by atoms with Crippen molar-refractivity contribution < 1.29 is 23.0 Å². The number of thioether (sulfide) groups is 1. The highest BCUT2D eigenvalue weighted by atomic mass is 32.2. The lowest BCUT2D eigenvalue weighted by Crippen LogP contribution is -2.17. The molecule has 1 saturated carbocycles. The number of hydrogen-bond donors (Lipinski definition) is 1. The molecule has 1 aliphatic carbocycles. The summed E-state index contributed by atoms with van der Waals surface area (Å²) in [6.45, 7) is 2.98. The molecule has 0 spiro atoms. The Morgan fingerprint density at radius 2 is 1.94 bits per heavy atom. The second-order valence-electron chi connectivity index (χ2n) is 7.83. The lowest BCUT2D eigenvalue weighted by Gasteiger charge is -2.19. The summed E-state index contributed by atoms with van der Waals surface area (Å²) in [4.78, 5) is 8.57. The number of benzene rings is 1. The van der Waals surface area contributed by atoms with E-state index >= 15 is 0 Å². The number of hydrogen-bond acceptors (Lipinski definition) is 7. The van der Waals surface area contributed by atoms with Gasteiger partial charge in [0, 0.05) is 37.0 Å². The van der Waals surface area contributed by atoms with Crippen LogP contribution in [0.25, 0.3) is 11.9 Å². The summed E-state index contributed by atoms with van der Waals surface area (Å²) in [5, 5.41) is 0.849. The number of methoxy groups -OCH3 is 1. The van der Waals surface area contributed by atoms with E-state index in [0.717, 1.165) is 0 Å². The van der Waals surface area contributed by atoms with Crippen LogP contribution in [0.3, 0.4) is 0 Å². The number of amidine groups is 1. The molecule has 2 aliphatic heterocycles. The second-order valence-corrected chi connectivity index (χ2v) is 9.02. The number of fused-ring (bicyclic) bond motifs is 2. The second kappa shape index (κ2) is 9.46. The standard InChI is InChI=1S/C21H19F2N3O2S.C2H6O/c1-10-18-19(26-21(24)29-20(10)18)12-6-11(2-3-13(12)22)7-14(23)15-8-16-17(9-25-15)28-5-4-27-16;1-3-2/h2-3,6-10,18-20H,4-5H2,1H3,(H2,24,26);1-2H3/b14-7-;/t10-,18?,19?,20?;/m0./s1. The van der Waals surface area contributed by atoms with E-state index in [9.17, 15) is 8.78 Å². The van der Waals surface area contributed by atoms with Crippen LogP contribution >= 0.6 is 11.8 Å². The van der Waals surface area contributed by atoms with Gasteiger partial charge in [0.1, 0.15) is 30.6 Å². The fourth-order valence-corrected chi connectivity index (χ4v) is 5.27. The van der Waals surface area contributed by atoms with Crippen LogP contribution in [-0.2, 0) is 4.74 Å². The van der Waals surface area contributed by atoms with E-state index in [0.29, 0.717) is 52.2 Å². The highest BCUT2D eigenvalue weighted by Gasteiger charge is 2.55. The minimum absolute atomic E-state index is 0.132. The van der Waals surface area contributed by atoms with Crippen molar-refractivity contribution in [3.63, 3.8) is 0 Å². The third-order valence-electron chi connectivity index (χ3n) is 5.56. The quantitative estimate of drug-likeness (QED) is 0.727. The average Bonchev–Trinajstić information content (AvgIpc) is 3.43. The zero-order valence-electron chi connectivity index (χ0n) is 18.0. The normalized spacial score (nSPS) is 25.8. The number of ether oxygens (including phenoxy) is 3. The van der Waals surface area contributed by atoms with E-state index in [1.807, 2.05) is 0 Å². The Hall–Kier alpha value is -2.65. The number of aromatic nitrogens is 1. The molecular formula is C23H25F2N3O3S. The predicted octanol–water partition coefficient (Wildman–Crippen LogP) is 4.46. The molecule has 1 aromatic carbocycles. The molecule has 0 amide bonds. The Morgan fingerprint density at radius 1 is 1.22 bits per heavy atom. The number of pyridine rings is 1. The van der Waals surface area contributed by atoms with Crippen LogP contribution in [0.1, 0.15) is 29.8 Å². The van der Waals surface area contributed by atoms with Gasteiger partial charge in [-0.3, -0.25) is 4.99 Å². The van der Waals surface area contributed by atoms with E-state index in [1.165, 1.54) is 30.5 Å². The van der Waals surface area contributed by atoms with Crippen LogP contribution in [0.5, 0.6) is 11.5 Å². The fraction of sp³-hybridized carbons (Fsp3) is 0.391. The van der Waals surface area contributed by atoms with Crippen LogP contribution in [0.4, 0.5) is 8.78 Å². The number of halogens is 2. The van der Waals surface area contributed by atoms with Gasteiger partial charge < -0.3 is 19.9 Å². The molecule has 2 N–H and O–H groups in total. The molecule has 1 fully saturated rings. The van der Waals surface area contributed by atoms with E-state index in [1.54, 1.807) is 32.0 Å². The van der Waals surface area contributed by atoms with E-state index in [2.05, 4.69) is 21.6 Å². The van der Waals surface area contributed by atoms with Gasteiger partial charge in [-0.2, -0.15) is 0 Å². The molecule has 1 aromatic heterocycles. The van der Waals surface area contributed by atoms with Gasteiger partial charge in [-0.25, -0.2) is 13.8 Å². The van der Waals surface area contributed by atoms with Crippen molar-refractivity contribution in [1.29, 1.82) is 0 Å². The summed E-state index contributed by atoms with van der Waals surface area (Å²) < 4.78 is 44.5. The molecule has 3 heterocycles. The molecule has 5 rings (SSSR count). The number of aliphatic imine (C=N–C) groups is 1. The Kier molecular flexibility index (Phi) is 6.66. The number of nitrogens with two attached hydrogens (primary N) is 1. The first kappa shape index (κ1) is 22.5. The first-order valence-corrected chi connectivity index (χ1v) is 11.1. The van der Waals surface area contributed by atoms with Crippen molar-refractivity contribution in [1.82, 2.24) is 4.98 Å². The first-order chi connectivity index (χ1) is 15.4. The summed E-state index contributed by atoms with van der Waals surface area (Å²) in [6.07, 6.45) is 2.78. The minimum Gasteiger partial charge on any atom is -0.486 e. The van der Waals surface area contributed by atoms with Gasteiger partial charge in [0.05, 0.1) is 12.2 Å². The summed E-state index contributed by atoms with van der Waals surface area (Å²) in [5.41, 5.74) is 7.05. The Labute approximate surface area is 189 Å². The Balaban J connectivity index is 0.000000775. The van der Waals surface area contributed by atoms with Gasteiger partial charge in [-0.15, -0.1) is 0 Å². The van der Waals surface area contributed by atoms with Gasteiger partial charge in [0.15, 0.2) is 16.7 Å². The van der Waals surface area contributed by atoms with Crippen molar-refractivity contribution >= 4 is 28.8 Å². The average molecular weight is 462 g/mol. The lowest BCUT2D eigenvalue weighted by atomic mass is 9.98. The summed E-state index contributed by atoms with van der Waals surface area (Å²) in [7, 11) is 3.25. The zero-order valence-corrected chi connectivity index (χ0v) is 18.9. The maximum atomic E-state index is 14.8. The Morgan fingerprint density at radius 3 is 2.69 bits per heavy atom. The number of rotatable bonds is 3. The van der Waals surface area contributed by atoms with Gasteiger partial charge >= 0.3 is 0 Å². The number of nitrogens with zero attached hydrogens (tertiary/aromatic N) is 2. The van der Waals surface area contributed by atoms with Gasteiger partial charge in [0.2, 0.25) is 0 Å². The van der Waals surface area contributed by atoms with Crippen LogP contribution in [0, 0.1) is 17.7 Å². The third kappa shape index (κ3) is 4.59. The zero-order chi connectivity index (χ0) is 22.8. The van der Waals surface area contributed by atoms with Crippen molar-refractivity contribution in [3.05, 3.63) is 53.1 Å². The molecule has 9 heteroatoms. The largest absolute Gasteiger partial charge is 0.486 e. The van der Waals surface area contributed by atoms with Gasteiger partial charge in [0.25, 0.3) is 0 Å². The van der Waals surface area contributed by atoms with Crippen LogP contribution < -0.4 is 15.2 Å². The minimum atomic E-state index is -0.542. The maximum Gasteiger partial charge on any atom is 0.179 e. The molecule has 3 aliphatic rings. The topological polar surface area (TPSA) is 79.0 Å². The monoisotopic (exact) mass is 461 g/mol. The molecule has 170 valence electrons. The molecule has 2 aromatic rings. The Bertz CT molecular complexity index is 1060. The molecule has 6 nitrogen and oxygen atoms in total. The summed E-state index contributed by atoms with van der Waals surface area (Å²) in [5.74, 6) is 0.738. The summed E-state index contributed by atoms with van der Waals surface area (Å²) >= 11 is 1.55. The lowest BCUT2D eigenvalue weighted by molar-refractivity contribution is 0.170. The van der Waals surface area contributed by atoms with E-state index in [4.69, 9.17) is 15.2 Å². The highest BCUT2D eigenvalue weighted by molar-refractivity contribution is 8.14. The molecule has 32 heavy (non-hydrogen) atoms. The molecular weight excluding hydrogens is 436 g/mol.